The van der Waals surface area contributed by atoms with Crippen LogP contribution in [0.4, 0.5) is 5.69 Å². The molecule has 0 bridgehead atoms. The monoisotopic (exact) mass is 368 g/mol. The number of carboxylic acid groups (broad SMARTS) is 1. The Bertz CT molecular complexity index is 1020. The molecule has 0 unspecified atom stereocenters. The lowest BCUT2D eigenvalue weighted by Gasteiger charge is -2.08. The number of carboxylic acids is 1. The maximum Gasteiger partial charge on any atom is 0.325 e. The summed E-state index contributed by atoms with van der Waals surface area (Å²) in [5, 5.41) is 10.6. The van der Waals surface area contributed by atoms with Crippen LogP contribution in [0.3, 0.4) is 0 Å². The summed E-state index contributed by atoms with van der Waals surface area (Å²) in [6.07, 6.45) is 0.761. The normalized spacial score (nSPS) is 10.9. The van der Waals surface area contributed by atoms with E-state index >= 15 is 0 Å². The number of aliphatic carboxylic acids is 1. The molecular formula is C13H12N4O7S. The molecule has 2 rings (SSSR count). The summed E-state index contributed by atoms with van der Waals surface area (Å²) < 4.78 is 26.4. The fraction of sp³-hybridized carbons (Fsp3) is 0.0769. The van der Waals surface area contributed by atoms with Gasteiger partial charge in [0.2, 0.25) is 0 Å². The second kappa shape index (κ2) is 7.00. The Balaban J connectivity index is 2.17. The third kappa shape index (κ3) is 4.54. The number of anilines is 1. The van der Waals surface area contributed by atoms with E-state index in [0.29, 0.717) is 0 Å². The zero-order valence-electron chi connectivity index (χ0n) is 12.4. The second-order valence-corrected chi connectivity index (χ2v) is 6.35. The lowest BCUT2D eigenvalue weighted by atomic mass is 10.2. The topological polar surface area (TPSA) is 178 Å². The van der Waals surface area contributed by atoms with E-state index < -0.39 is 44.6 Å². The zero-order chi connectivity index (χ0) is 18.6. The third-order valence-corrected chi connectivity index (χ3v) is 4.26. The van der Waals surface area contributed by atoms with Gasteiger partial charge in [-0.15, -0.1) is 0 Å². The molecule has 0 saturated carbocycles. The van der Waals surface area contributed by atoms with Crippen LogP contribution >= 0.6 is 0 Å². The van der Waals surface area contributed by atoms with E-state index in [1.165, 1.54) is 24.3 Å². The fourth-order valence-electron chi connectivity index (χ4n) is 1.75. The molecule has 0 radical (unpaired) electrons. The number of benzene rings is 1. The van der Waals surface area contributed by atoms with Crippen LogP contribution in [0.25, 0.3) is 0 Å². The van der Waals surface area contributed by atoms with Gasteiger partial charge in [-0.1, -0.05) is 0 Å². The second-order valence-electron chi connectivity index (χ2n) is 4.70. The Morgan fingerprint density at radius 3 is 2.32 bits per heavy atom. The van der Waals surface area contributed by atoms with Crippen molar-refractivity contribution in [3.05, 3.63) is 56.9 Å². The Kier molecular flexibility index (Phi) is 5.02. The molecule has 1 aromatic heterocycles. The van der Waals surface area contributed by atoms with Gasteiger partial charge in [0.25, 0.3) is 21.5 Å². The van der Waals surface area contributed by atoms with Gasteiger partial charge < -0.3 is 15.4 Å². The van der Waals surface area contributed by atoms with Gasteiger partial charge in [0, 0.05) is 17.4 Å². The molecule has 0 aliphatic heterocycles. The molecule has 0 aliphatic carbocycles. The van der Waals surface area contributed by atoms with E-state index in [0.717, 1.165) is 6.20 Å². The van der Waals surface area contributed by atoms with Crippen molar-refractivity contribution in [2.45, 2.75) is 4.90 Å². The van der Waals surface area contributed by atoms with Crippen LogP contribution in [0.1, 0.15) is 10.4 Å². The molecule has 2 aromatic rings. The standard InChI is InChI=1S/C13H12N4O7S/c18-10(19)6-14-11(20)7-1-3-8(4-2-7)17-25(23,24)9-5-15-13(22)16-12(9)21/h1-5,17H,6H2,(H,14,20)(H,18,19)(H2,15,16,21,22). The molecule has 132 valence electrons. The number of aromatic nitrogens is 2. The van der Waals surface area contributed by atoms with Gasteiger partial charge >= 0.3 is 11.7 Å². The largest absolute Gasteiger partial charge is 0.480 e. The van der Waals surface area contributed by atoms with Gasteiger partial charge in [0.1, 0.15) is 6.54 Å². The molecule has 1 heterocycles. The van der Waals surface area contributed by atoms with Crippen molar-refractivity contribution in [3.63, 3.8) is 0 Å². The summed E-state index contributed by atoms with van der Waals surface area (Å²) in [5.41, 5.74) is -1.76. The van der Waals surface area contributed by atoms with Gasteiger partial charge in [-0.3, -0.25) is 24.1 Å². The highest BCUT2D eigenvalue weighted by Gasteiger charge is 2.19. The first-order chi connectivity index (χ1) is 11.7. The first-order valence-corrected chi connectivity index (χ1v) is 8.12. The van der Waals surface area contributed by atoms with Gasteiger partial charge in [0.15, 0.2) is 4.90 Å². The number of carbonyl (C=O) groups excluding carboxylic acids is 1. The number of hydrogen-bond donors (Lipinski definition) is 5. The smallest absolute Gasteiger partial charge is 0.325 e. The van der Waals surface area contributed by atoms with Crippen molar-refractivity contribution in [2.75, 3.05) is 11.3 Å². The Morgan fingerprint density at radius 2 is 1.76 bits per heavy atom. The number of aromatic amines is 2. The lowest BCUT2D eigenvalue weighted by Crippen LogP contribution is -2.29. The molecule has 0 atom stereocenters. The average molecular weight is 368 g/mol. The highest BCUT2D eigenvalue weighted by atomic mass is 32.2. The van der Waals surface area contributed by atoms with Crippen LogP contribution in [-0.4, -0.2) is 41.9 Å². The van der Waals surface area contributed by atoms with E-state index in [1.807, 2.05) is 4.98 Å². The molecule has 0 fully saturated rings. The number of H-pyrrole nitrogens is 2. The summed E-state index contributed by atoms with van der Waals surface area (Å²) in [7, 11) is -4.26. The van der Waals surface area contributed by atoms with Gasteiger partial charge in [-0.05, 0) is 24.3 Å². The lowest BCUT2D eigenvalue weighted by molar-refractivity contribution is -0.135. The molecule has 0 aliphatic rings. The minimum absolute atomic E-state index is 0.0559. The number of carbonyl (C=O) groups is 2. The summed E-state index contributed by atoms with van der Waals surface area (Å²) in [5.74, 6) is -1.85. The molecular weight excluding hydrogens is 356 g/mol. The van der Waals surface area contributed by atoms with E-state index in [1.54, 1.807) is 4.98 Å². The van der Waals surface area contributed by atoms with Gasteiger partial charge in [0.05, 0.1) is 0 Å². The Hall–Kier alpha value is -3.41. The average Bonchev–Trinajstić information content (AvgIpc) is 2.52. The number of rotatable bonds is 6. The van der Waals surface area contributed by atoms with E-state index in [9.17, 15) is 27.6 Å². The molecule has 5 N–H and O–H groups in total. The predicted octanol–water partition coefficient (Wildman–Crippen LogP) is -1.32. The van der Waals surface area contributed by atoms with Crippen molar-refractivity contribution >= 4 is 27.6 Å². The van der Waals surface area contributed by atoms with Crippen molar-refractivity contribution in [1.29, 1.82) is 0 Å². The molecule has 0 spiro atoms. The summed E-state index contributed by atoms with van der Waals surface area (Å²) in [6, 6.07) is 5.05. The van der Waals surface area contributed by atoms with Crippen molar-refractivity contribution in [2.24, 2.45) is 0 Å². The molecule has 0 saturated heterocycles. The van der Waals surface area contributed by atoms with Crippen molar-refractivity contribution in [1.82, 2.24) is 15.3 Å². The minimum atomic E-state index is -4.26. The molecule has 1 aromatic carbocycles. The summed E-state index contributed by atoms with van der Waals surface area (Å²) in [6.45, 7) is -0.553. The maximum atomic E-state index is 12.1. The SMILES string of the molecule is O=C(O)CNC(=O)c1ccc(NS(=O)(=O)c2c[nH]c(=O)[nH]c2=O)cc1. The number of hydrogen-bond acceptors (Lipinski definition) is 6. The number of amides is 1. The zero-order valence-corrected chi connectivity index (χ0v) is 13.2. The predicted molar refractivity (Wildman–Crippen MR) is 84.9 cm³/mol. The summed E-state index contributed by atoms with van der Waals surface area (Å²) >= 11 is 0. The van der Waals surface area contributed by atoms with Gasteiger partial charge in [-0.25, -0.2) is 13.2 Å². The maximum absolute atomic E-state index is 12.1. The van der Waals surface area contributed by atoms with Crippen LogP contribution in [0.15, 0.2) is 44.9 Å². The first-order valence-electron chi connectivity index (χ1n) is 6.64. The van der Waals surface area contributed by atoms with Crippen molar-refractivity contribution in [3.8, 4) is 0 Å². The third-order valence-electron chi connectivity index (χ3n) is 2.87. The number of nitrogens with one attached hydrogen (secondary N) is 4. The molecule has 25 heavy (non-hydrogen) atoms. The highest BCUT2D eigenvalue weighted by Crippen LogP contribution is 2.14. The Labute approximate surface area is 139 Å². The Morgan fingerprint density at radius 1 is 1.12 bits per heavy atom. The van der Waals surface area contributed by atoms with Crippen LogP contribution in [0.5, 0.6) is 0 Å². The van der Waals surface area contributed by atoms with Gasteiger partial charge in [-0.2, -0.15) is 0 Å². The quantitative estimate of drug-likeness (QED) is 0.419. The number of sulfonamides is 1. The fourth-order valence-corrected chi connectivity index (χ4v) is 2.82. The minimum Gasteiger partial charge on any atom is -0.480 e. The van der Waals surface area contributed by atoms with E-state index in [2.05, 4.69) is 10.0 Å². The van der Waals surface area contributed by atoms with Crippen LogP contribution < -0.4 is 21.3 Å². The molecule has 1 amide bonds. The van der Waals surface area contributed by atoms with E-state index in [-0.39, 0.29) is 11.3 Å². The van der Waals surface area contributed by atoms with Crippen molar-refractivity contribution < 1.29 is 23.1 Å². The van der Waals surface area contributed by atoms with Crippen LogP contribution in [0, 0.1) is 0 Å². The van der Waals surface area contributed by atoms with Crippen LogP contribution in [0.2, 0.25) is 0 Å². The van der Waals surface area contributed by atoms with E-state index in [4.69, 9.17) is 5.11 Å². The molecule has 11 nitrogen and oxygen atoms in total. The molecule has 12 heteroatoms. The first kappa shape index (κ1) is 17.9. The van der Waals surface area contributed by atoms with Crippen LogP contribution in [-0.2, 0) is 14.8 Å². The highest BCUT2D eigenvalue weighted by molar-refractivity contribution is 7.92. The summed E-state index contributed by atoms with van der Waals surface area (Å²) in [4.78, 5) is 47.7.